The molecule has 0 atom stereocenters. The first-order chi connectivity index (χ1) is 7.79. The number of halogens is 1. The van der Waals surface area contributed by atoms with Crippen molar-refractivity contribution >= 4 is 5.95 Å². The van der Waals surface area contributed by atoms with E-state index in [0.717, 1.165) is 6.20 Å². The van der Waals surface area contributed by atoms with Crippen molar-refractivity contribution < 1.29 is 9.13 Å². The number of hydrogen-bond acceptors (Lipinski definition) is 6. The summed E-state index contributed by atoms with van der Waals surface area (Å²) >= 11 is 0. The number of hydrogen-bond donors (Lipinski definition) is 2. The molecule has 0 aliphatic carbocycles. The summed E-state index contributed by atoms with van der Waals surface area (Å²) in [6.45, 7) is 0. The molecule has 0 aliphatic rings. The highest BCUT2D eigenvalue weighted by Crippen LogP contribution is 2.21. The summed E-state index contributed by atoms with van der Waals surface area (Å²) in [5.41, 5.74) is 2.20. The van der Waals surface area contributed by atoms with Crippen molar-refractivity contribution in [2.24, 2.45) is 5.84 Å². The monoisotopic (exact) mass is 221 g/mol. The van der Waals surface area contributed by atoms with E-state index >= 15 is 0 Å². The zero-order chi connectivity index (χ0) is 11.4. The van der Waals surface area contributed by atoms with E-state index in [2.05, 4.69) is 20.4 Å². The van der Waals surface area contributed by atoms with Crippen molar-refractivity contribution in [3.63, 3.8) is 0 Å². The number of rotatable bonds is 3. The molecule has 0 saturated heterocycles. The Bertz CT molecular complexity index is 479. The zero-order valence-corrected chi connectivity index (χ0v) is 8.09. The second-order valence-corrected chi connectivity index (χ2v) is 2.78. The molecule has 16 heavy (non-hydrogen) atoms. The number of nitrogens with one attached hydrogen (secondary N) is 1. The first kappa shape index (κ1) is 10.2. The molecule has 3 N–H and O–H groups in total. The van der Waals surface area contributed by atoms with E-state index in [4.69, 9.17) is 10.6 Å². The van der Waals surface area contributed by atoms with Gasteiger partial charge in [0.05, 0.1) is 12.4 Å². The van der Waals surface area contributed by atoms with Gasteiger partial charge in [-0.15, -0.1) is 0 Å². The van der Waals surface area contributed by atoms with Crippen LogP contribution in [0.2, 0.25) is 0 Å². The molecule has 0 amide bonds. The molecule has 0 fully saturated rings. The van der Waals surface area contributed by atoms with Gasteiger partial charge in [-0.2, -0.15) is 9.37 Å². The average Bonchev–Trinajstić information content (AvgIpc) is 2.33. The molecule has 2 aromatic rings. The summed E-state index contributed by atoms with van der Waals surface area (Å²) in [6.07, 6.45) is 3.99. The van der Waals surface area contributed by atoms with Crippen LogP contribution in [-0.2, 0) is 0 Å². The van der Waals surface area contributed by atoms with E-state index in [-0.39, 0.29) is 11.8 Å². The van der Waals surface area contributed by atoms with Gasteiger partial charge in [-0.25, -0.2) is 10.8 Å². The third-order valence-electron chi connectivity index (χ3n) is 1.69. The summed E-state index contributed by atoms with van der Waals surface area (Å²) < 4.78 is 18.4. The Balaban J connectivity index is 2.27. The number of ether oxygens (including phenoxy) is 1. The molecular formula is C9H8FN5O. The first-order valence-corrected chi connectivity index (χ1v) is 4.36. The zero-order valence-electron chi connectivity index (χ0n) is 8.09. The lowest BCUT2D eigenvalue weighted by molar-refractivity contribution is 0.419. The normalized spacial score (nSPS) is 9.88. The number of nitrogen functional groups attached to an aromatic ring is 1. The molecule has 0 radical (unpaired) electrons. The molecule has 82 valence electrons. The topological polar surface area (TPSA) is 86.0 Å². The van der Waals surface area contributed by atoms with Gasteiger partial charge in [-0.05, 0) is 12.1 Å². The van der Waals surface area contributed by atoms with Gasteiger partial charge in [0.2, 0.25) is 11.8 Å². The molecule has 0 spiro atoms. The SMILES string of the molecule is NNc1ncc(F)c(Oc2cccnc2)n1. The standard InChI is InChI=1S/C9H8FN5O/c10-7-5-13-9(15-11)14-8(7)16-6-2-1-3-12-4-6/h1-5H,11H2,(H,13,14,15). The van der Waals surface area contributed by atoms with Crippen molar-refractivity contribution in [1.82, 2.24) is 15.0 Å². The van der Waals surface area contributed by atoms with E-state index in [0.29, 0.717) is 5.75 Å². The summed E-state index contributed by atoms with van der Waals surface area (Å²) in [5, 5.41) is 0. The molecule has 0 unspecified atom stereocenters. The maximum absolute atomic E-state index is 13.3. The fraction of sp³-hybridized carbons (Fsp3) is 0. The first-order valence-electron chi connectivity index (χ1n) is 4.36. The van der Waals surface area contributed by atoms with E-state index in [1.165, 1.54) is 6.20 Å². The van der Waals surface area contributed by atoms with E-state index < -0.39 is 5.82 Å². The summed E-state index contributed by atoms with van der Waals surface area (Å²) in [4.78, 5) is 11.1. The Kier molecular flexibility index (Phi) is 2.88. The number of nitrogens with two attached hydrogens (primary N) is 1. The van der Waals surface area contributed by atoms with Crippen molar-refractivity contribution in [1.29, 1.82) is 0 Å². The maximum Gasteiger partial charge on any atom is 0.260 e. The van der Waals surface area contributed by atoms with Gasteiger partial charge in [0.1, 0.15) is 5.75 Å². The summed E-state index contributed by atoms with van der Waals surface area (Å²) in [5.74, 6) is 4.65. The molecule has 0 aliphatic heterocycles. The van der Waals surface area contributed by atoms with Gasteiger partial charge in [0.15, 0.2) is 0 Å². The summed E-state index contributed by atoms with van der Waals surface area (Å²) in [6, 6.07) is 3.29. The van der Waals surface area contributed by atoms with Gasteiger partial charge in [0.25, 0.3) is 5.88 Å². The smallest absolute Gasteiger partial charge is 0.260 e. The van der Waals surface area contributed by atoms with Crippen LogP contribution >= 0.6 is 0 Å². The van der Waals surface area contributed by atoms with Gasteiger partial charge in [0, 0.05) is 6.20 Å². The maximum atomic E-state index is 13.3. The third-order valence-corrected chi connectivity index (χ3v) is 1.69. The quantitative estimate of drug-likeness (QED) is 0.596. The molecular weight excluding hydrogens is 213 g/mol. The van der Waals surface area contributed by atoms with Crippen LogP contribution in [0.25, 0.3) is 0 Å². The van der Waals surface area contributed by atoms with Crippen molar-refractivity contribution in [2.45, 2.75) is 0 Å². The highest BCUT2D eigenvalue weighted by Gasteiger charge is 2.08. The fourth-order valence-corrected chi connectivity index (χ4v) is 1.01. The molecule has 0 saturated carbocycles. The number of aromatic nitrogens is 3. The van der Waals surface area contributed by atoms with E-state index in [1.54, 1.807) is 18.3 Å². The molecule has 2 aromatic heterocycles. The number of nitrogens with zero attached hydrogens (tertiary/aromatic N) is 3. The van der Waals surface area contributed by atoms with Crippen molar-refractivity contribution in [2.75, 3.05) is 5.43 Å². The minimum atomic E-state index is -0.678. The van der Waals surface area contributed by atoms with Gasteiger partial charge in [-0.1, -0.05) is 0 Å². The van der Waals surface area contributed by atoms with Crippen LogP contribution in [0.3, 0.4) is 0 Å². The third kappa shape index (κ3) is 2.20. The second-order valence-electron chi connectivity index (χ2n) is 2.78. The Hall–Kier alpha value is -2.28. The number of anilines is 1. The lowest BCUT2D eigenvalue weighted by Gasteiger charge is -2.05. The van der Waals surface area contributed by atoms with Crippen LogP contribution < -0.4 is 16.0 Å². The minimum absolute atomic E-state index is 0.0697. The number of hydrazine groups is 1. The van der Waals surface area contributed by atoms with Crippen molar-refractivity contribution in [3.8, 4) is 11.6 Å². The average molecular weight is 221 g/mol. The summed E-state index contributed by atoms with van der Waals surface area (Å²) in [7, 11) is 0. The lowest BCUT2D eigenvalue weighted by Crippen LogP contribution is -2.11. The Morgan fingerprint density at radius 2 is 2.25 bits per heavy atom. The molecule has 7 heteroatoms. The Labute approximate surface area is 90.3 Å². The predicted octanol–water partition coefficient (Wildman–Crippen LogP) is 1.09. The van der Waals surface area contributed by atoms with Crippen LogP contribution in [0, 0.1) is 5.82 Å². The Morgan fingerprint density at radius 3 is 2.94 bits per heavy atom. The lowest BCUT2D eigenvalue weighted by atomic mass is 10.5. The predicted molar refractivity (Wildman–Crippen MR) is 54.1 cm³/mol. The van der Waals surface area contributed by atoms with Crippen LogP contribution in [-0.4, -0.2) is 15.0 Å². The van der Waals surface area contributed by atoms with E-state index in [1.807, 2.05) is 0 Å². The van der Waals surface area contributed by atoms with Gasteiger partial charge in [-0.3, -0.25) is 10.4 Å². The fourth-order valence-electron chi connectivity index (χ4n) is 1.01. The molecule has 0 bridgehead atoms. The van der Waals surface area contributed by atoms with Gasteiger partial charge < -0.3 is 4.74 Å². The highest BCUT2D eigenvalue weighted by molar-refractivity contribution is 5.30. The van der Waals surface area contributed by atoms with Crippen LogP contribution in [0.1, 0.15) is 0 Å². The Morgan fingerprint density at radius 1 is 1.38 bits per heavy atom. The molecule has 2 heterocycles. The largest absolute Gasteiger partial charge is 0.435 e. The minimum Gasteiger partial charge on any atom is -0.435 e. The van der Waals surface area contributed by atoms with Crippen LogP contribution in [0.4, 0.5) is 10.3 Å². The van der Waals surface area contributed by atoms with Gasteiger partial charge >= 0.3 is 0 Å². The second kappa shape index (κ2) is 4.49. The van der Waals surface area contributed by atoms with Crippen LogP contribution in [0.5, 0.6) is 11.6 Å². The van der Waals surface area contributed by atoms with Crippen LogP contribution in [0.15, 0.2) is 30.7 Å². The molecule has 0 aromatic carbocycles. The number of pyridine rings is 1. The van der Waals surface area contributed by atoms with Crippen molar-refractivity contribution in [3.05, 3.63) is 36.5 Å². The van der Waals surface area contributed by atoms with E-state index in [9.17, 15) is 4.39 Å². The molecule has 2 rings (SSSR count). The highest BCUT2D eigenvalue weighted by atomic mass is 19.1. The molecule has 6 nitrogen and oxygen atoms in total.